The first-order valence-electron chi connectivity index (χ1n) is 8.95. The van der Waals surface area contributed by atoms with Crippen molar-refractivity contribution in [2.45, 2.75) is 17.1 Å². The topological polar surface area (TPSA) is 82.3 Å². The second kappa shape index (κ2) is 8.14. The zero-order valence-electron chi connectivity index (χ0n) is 15.1. The quantitative estimate of drug-likeness (QED) is 0.429. The number of benzene rings is 2. The highest BCUT2D eigenvalue weighted by Crippen LogP contribution is 2.36. The summed E-state index contributed by atoms with van der Waals surface area (Å²) in [6.45, 7) is 0.337. The van der Waals surface area contributed by atoms with Gasteiger partial charge in [0, 0.05) is 16.8 Å². The maximum Gasteiger partial charge on any atom is 0.277 e. The van der Waals surface area contributed by atoms with Gasteiger partial charge in [0.15, 0.2) is 16.6 Å². The summed E-state index contributed by atoms with van der Waals surface area (Å²) in [5.41, 5.74) is 1.96. The Kier molecular flexibility index (Phi) is 5.06. The molecule has 0 radical (unpaired) electrons. The molecule has 0 fully saturated rings. The number of nitrogens with zero attached hydrogens (tertiary/aromatic N) is 3. The van der Waals surface area contributed by atoms with E-state index in [9.17, 15) is 0 Å². The van der Waals surface area contributed by atoms with E-state index in [0.29, 0.717) is 29.2 Å². The monoisotopic (exact) mass is 424 g/mol. The van der Waals surface area contributed by atoms with Gasteiger partial charge in [0.25, 0.3) is 11.1 Å². The molecular weight excluding hydrogens is 408 g/mol. The molecule has 2 aromatic carbocycles. The van der Waals surface area contributed by atoms with E-state index in [1.54, 1.807) is 11.3 Å². The molecule has 9 heteroatoms. The van der Waals surface area contributed by atoms with Crippen molar-refractivity contribution in [3.05, 3.63) is 71.6 Å². The van der Waals surface area contributed by atoms with E-state index in [4.69, 9.17) is 13.9 Å². The van der Waals surface area contributed by atoms with E-state index >= 15 is 0 Å². The van der Waals surface area contributed by atoms with Crippen LogP contribution >= 0.6 is 23.1 Å². The first kappa shape index (κ1) is 18.0. The van der Waals surface area contributed by atoms with Gasteiger partial charge in [0.2, 0.25) is 6.10 Å². The van der Waals surface area contributed by atoms with E-state index in [1.165, 1.54) is 11.8 Å². The van der Waals surface area contributed by atoms with Crippen LogP contribution in [0.25, 0.3) is 0 Å². The van der Waals surface area contributed by atoms with E-state index in [1.807, 2.05) is 60.0 Å². The number of thiazole rings is 1. The molecule has 1 unspecified atom stereocenters. The molecule has 4 aromatic rings. The fourth-order valence-corrected chi connectivity index (χ4v) is 4.26. The van der Waals surface area contributed by atoms with Crippen LogP contribution in [0.5, 0.6) is 11.5 Å². The Labute approximate surface area is 175 Å². The number of anilines is 2. The molecule has 0 aliphatic carbocycles. The highest BCUT2D eigenvalue weighted by atomic mass is 32.2. The lowest BCUT2D eigenvalue weighted by Crippen LogP contribution is -2.21. The summed E-state index contributed by atoms with van der Waals surface area (Å²) in [6.07, 6.45) is -0.410. The third-order valence-electron chi connectivity index (χ3n) is 4.13. The standard InChI is InChI=1S/C20H16N4O3S2/c1-2-6-13(7-3-1)21-19-22-14(11-28-19)12-29-20-24-23-18(27-20)17-10-25-15-8-4-5-9-16(15)26-17/h1-9,11,17H,10,12H2,(H,21,22). The van der Waals surface area contributed by atoms with Crippen LogP contribution in [0.15, 0.2) is 69.6 Å². The van der Waals surface area contributed by atoms with Gasteiger partial charge in [-0.15, -0.1) is 21.5 Å². The fraction of sp³-hybridized carbons (Fsp3) is 0.150. The minimum atomic E-state index is -0.410. The molecule has 1 aliphatic heterocycles. The minimum absolute atomic E-state index is 0.337. The Morgan fingerprint density at radius 2 is 1.86 bits per heavy atom. The number of para-hydroxylation sites is 3. The SMILES string of the molecule is c1ccc(Nc2nc(CSc3nnc(C4COc5ccccc5O4)o3)cs2)cc1. The van der Waals surface area contributed by atoms with Gasteiger partial charge in [-0.05, 0) is 24.3 Å². The van der Waals surface area contributed by atoms with Crippen molar-refractivity contribution in [1.29, 1.82) is 0 Å². The molecule has 0 spiro atoms. The highest BCUT2D eigenvalue weighted by Gasteiger charge is 2.27. The fourth-order valence-electron chi connectivity index (χ4n) is 2.76. The minimum Gasteiger partial charge on any atom is -0.485 e. The van der Waals surface area contributed by atoms with Crippen LogP contribution in [-0.4, -0.2) is 21.8 Å². The van der Waals surface area contributed by atoms with E-state index < -0.39 is 6.10 Å². The van der Waals surface area contributed by atoms with E-state index in [2.05, 4.69) is 20.5 Å². The maximum absolute atomic E-state index is 5.90. The number of fused-ring (bicyclic) bond motifs is 1. The predicted molar refractivity (Wildman–Crippen MR) is 111 cm³/mol. The predicted octanol–water partition coefficient (Wildman–Crippen LogP) is 5.07. The van der Waals surface area contributed by atoms with Crippen molar-refractivity contribution in [1.82, 2.24) is 15.2 Å². The van der Waals surface area contributed by atoms with Crippen LogP contribution < -0.4 is 14.8 Å². The smallest absolute Gasteiger partial charge is 0.277 e. The Morgan fingerprint density at radius 3 is 2.76 bits per heavy atom. The van der Waals surface area contributed by atoms with Gasteiger partial charge in [-0.3, -0.25) is 0 Å². The van der Waals surface area contributed by atoms with Crippen LogP contribution in [0.2, 0.25) is 0 Å². The molecule has 7 nitrogen and oxygen atoms in total. The molecule has 0 amide bonds. The van der Waals surface area contributed by atoms with Gasteiger partial charge in [-0.2, -0.15) is 0 Å². The summed E-state index contributed by atoms with van der Waals surface area (Å²) in [6, 6.07) is 17.5. The Bertz CT molecular complexity index is 1100. The number of thioether (sulfide) groups is 1. The second-order valence-electron chi connectivity index (χ2n) is 6.19. The molecule has 3 heterocycles. The first-order chi connectivity index (χ1) is 14.3. The summed E-state index contributed by atoms with van der Waals surface area (Å²) in [7, 11) is 0. The van der Waals surface area contributed by atoms with Crippen LogP contribution in [0.4, 0.5) is 10.8 Å². The molecule has 2 aromatic heterocycles. The average Bonchev–Trinajstić information content (AvgIpc) is 3.42. The van der Waals surface area contributed by atoms with Crippen molar-refractivity contribution >= 4 is 33.9 Å². The maximum atomic E-state index is 5.90. The molecule has 1 aliphatic rings. The number of hydrogen-bond acceptors (Lipinski definition) is 9. The van der Waals surface area contributed by atoms with Gasteiger partial charge >= 0.3 is 0 Å². The van der Waals surface area contributed by atoms with E-state index in [-0.39, 0.29) is 0 Å². The Morgan fingerprint density at radius 1 is 1.03 bits per heavy atom. The number of rotatable bonds is 6. The number of ether oxygens (including phenoxy) is 2. The van der Waals surface area contributed by atoms with Crippen LogP contribution in [0.3, 0.4) is 0 Å². The number of aromatic nitrogens is 3. The van der Waals surface area contributed by atoms with Crippen molar-refractivity contribution in [2.75, 3.05) is 11.9 Å². The summed E-state index contributed by atoms with van der Waals surface area (Å²) in [5, 5.41) is 14.9. The molecule has 0 saturated heterocycles. The van der Waals surface area contributed by atoms with E-state index in [0.717, 1.165) is 22.3 Å². The Balaban J connectivity index is 1.18. The van der Waals surface area contributed by atoms with Crippen LogP contribution in [-0.2, 0) is 5.75 Å². The summed E-state index contributed by atoms with van der Waals surface area (Å²) >= 11 is 3.01. The zero-order valence-corrected chi connectivity index (χ0v) is 16.8. The molecule has 0 bridgehead atoms. The molecule has 1 N–H and O–H groups in total. The molecular formula is C20H16N4O3S2. The van der Waals surface area contributed by atoms with Gasteiger partial charge in [0.05, 0.1) is 5.69 Å². The van der Waals surface area contributed by atoms with Crippen molar-refractivity contribution in [3.8, 4) is 11.5 Å². The third kappa shape index (κ3) is 4.20. The largest absolute Gasteiger partial charge is 0.485 e. The van der Waals surface area contributed by atoms with Gasteiger partial charge < -0.3 is 19.2 Å². The second-order valence-corrected chi connectivity index (χ2v) is 7.98. The summed E-state index contributed by atoms with van der Waals surface area (Å²) in [4.78, 5) is 4.59. The number of hydrogen-bond donors (Lipinski definition) is 1. The summed E-state index contributed by atoms with van der Waals surface area (Å²) in [5.74, 6) is 2.45. The molecule has 1 atom stereocenters. The molecule has 29 heavy (non-hydrogen) atoms. The lowest BCUT2D eigenvalue weighted by Gasteiger charge is -2.23. The third-order valence-corrected chi connectivity index (χ3v) is 5.79. The van der Waals surface area contributed by atoms with Crippen molar-refractivity contribution < 1.29 is 13.9 Å². The first-order valence-corrected chi connectivity index (χ1v) is 10.8. The Hall–Kier alpha value is -3.04. The lowest BCUT2D eigenvalue weighted by atomic mass is 10.2. The van der Waals surface area contributed by atoms with Gasteiger partial charge in [0.1, 0.15) is 6.61 Å². The van der Waals surface area contributed by atoms with Gasteiger partial charge in [-0.1, -0.05) is 42.1 Å². The van der Waals surface area contributed by atoms with Crippen LogP contribution in [0.1, 0.15) is 17.7 Å². The normalized spacial score (nSPS) is 15.2. The average molecular weight is 425 g/mol. The lowest BCUT2D eigenvalue weighted by molar-refractivity contribution is 0.0686. The summed E-state index contributed by atoms with van der Waals surface area (Å²) < 4.78 is 17.4. The zero-order chi connectivity index (χ0) is 19.5. The highest BCUT2D eigenvalue weighted by molar-refractivity contribution is 7.98. The number of nitrogens with one attached hydrogen (secondary N) is 1. The van der Waals surface area contributed by atoms with Gasteiger partial charge in [-0.25, -0.2) is 4.98 Å². The molecule has 146 valence electrons. The van der Waals surface area contributed by atoms with Crippen molar-refractivity contribution in [2.24, 2.45) is 0 Å². The van der Waals surface area contributed by atoms with Crippen molar-refractivity contribution in [3.63, 3.8) is 0 Å². The molecule has 5 rings (SSSR count). The van der Waals surface area contributed by atoms with Crippen LogP contribution in [0, 0.1) is 0 Å². The molecule has 0 saturated carbocycles.